The largest absolute Gasteiger partial charge is 0.506 e. The predicted molar refractivity (Wildman–Crippen MR) is 97.0 cm³/mol. The Balaban J connectivity index is 2.45. The van der Waals surface area contributed by atoms with Crippen LogP contribution in [0.15, 0.2) is 46.8 Å². The highest BCUT2D eigenvalue weighted by atomic mass is 32.1. The van der Waals surface area contributed by atoms with Crippen LogP contribution in [0.1, 0.15) is 12.5 Å². The van der Waals surface area contributed by atoms with Gasteiger partial charge in [0.25, 0.3) is 5.56 Å². The molecule has 0 spiro atoms. The second-order valence-electron chi connectivity index (χ2n) is 4.91. The van der Waals surface area contributed by atoms with Gasteiger partial charge in [0.05, 0.1) is 11.2 Å². The summed E-state index contributed by atoms with van der Waals surface area (Å²) in [5.41, 5.74) is 3.46. The van der Waals surface area contributed by atoms with E-state index < -0.39 is 0 Å². The van der Waals surface area contributed by atoms with Crippen molar-refractivity contribution in [3.63, 3.8) is 0 Å². The summed E-state index contributed by atoms with van der Waals surface area (Å²) in [4.78, 5) is 12.5. The van der Waals surface area contributed by atoms with E-state index >= 15 is 0 Å². The molecule has 2 aromatic rings. The first-order valence-corrected chi connectivity index (χ1v) is 7.38. The van der Waals surface area contributed by atoms with Crippen LogP contribution in [0.5, 0.6) is 5.75 Å². The number of fused-ring (bicyclic) bond motifs is 1. The van der Waals surface area contributed by atoms with Crippen molar-refractivity contribution in [3.05, 3.63) is 52.8 Å². The van der Waals surface area contributed by atoms with Gasteiger partial charge in [-0.15, -0.1) is 6.58 Å². The minimum Gasteiger partial charge on any atom is -0.506 e. The van der Waals surface area contributed by atoms with Crippen molar-refractivity contribution in [1.29, 1.82) is 0 Å². The van der Waals surface area contributed by atoms with Crippen molar-refractivity contribution in [3.8, 4) is 5.75 Å². The highest BCUT2D eigenvalue weighted by Crippen LogP contribution is 2.25. The van der Waals surface area contributed by atoms with Gasteiger partial charge in [-0.3, -0.25) is 10.2 Å². The fourth-order valence-electron chi connectivity index (χ4n) is 2.20. The molecule has 2 rings (SSSR count). The first-order chi connectivity index (χ1) is 11.0. The summed E-state index contributed by atoms with van der Waals surface area (Å²) in [7, 11) is 1.66. The smallest absolute Gasteiger partial charge is 0.263 e. The normalized spacial score (nSPS) is 11.3. The second-order valence-corrected chi connectivity index (χ2v) is 5.32. The lowest BCUT2D eigenvalue weighted by Crippen LogP contribution is -2.33. The Hall–Kier alpha value is -2.67. The van der Waals surface area contributed by atoms with Gasteiger partial charge in [-0.2, -0.15) is 5.10 Å². The molecule has 0 fully saturated rings. The zero-order chi connectivity index (χ0) is 17.0. The van der Waals surface area contributed by atoms with Crippen molar-refractivity contribution in [2.75, 3.05) is 6.54 Å². The third-order valence-electron chi connectivity index (χ3n) is 3.37. The van der Waals surface area contributed by atoms with Crippen molar-refractivity contribution in [2.45, 2.75) is 6.92 Å². The number of hydrogen-bond donors (Lipinski definition) is 3. The SMILES string of the molecule is C=CCNC(=S)NN=C(C)c1c(O)c2ccccc2n(C)c1=O. The van der Waals surface area contributed by atoms with Crippen LogP contribution in [-0.4, -0.2) is 27.0 Å². The van der Waals surface area contributed by atoms with E-state index in [1.807, 2.05) is 6.07 Å². The molecule has 0 atom stereocenters. The van der Waals surface area contributed by atoms with Crippen LogP contribution in [0, 0.1) is 0 Å². The van der Waals surface area contributed by atoms with Crippen molar-refractivity contribution >= 4 is 33.9 Å². The Morgan fingerprint density at radius 3 is 2.87 bits per heavy atom. The maximum Gasteiger partial charge on any atom is 0.263 e. The lowest BCUT2D eigenvalue weighted by atomic mass is 10.1. The molecular weight excluding hydrogens is 312 g/mol. The summed E-state index contributed by atoms with van der Waals surface area (Å²) in [5.74, 6) is -0.0864. The van der Waals surface area contributed by atoms with Gasteiger partial charge >= 0.3 is 0 Å². The Morgan fingerprint density at radius 2 is 2.17 bits per heavy atom. The molecule has 120 valence electrons. The monoisotopic (exact) mass is 330 g/mol. The van der Waals surface area contributed by atoms with Crippen LogP contribution < -0.4 is 16.3 Å². The third-order valence-corrected chi connectivity index (χ3v) is 3.61. The van der Waals surface area contributed by atoms with E-state index in [-0.39, 0.29) is 16.9 Å². The molecule has 23 heavy (non-hydrogen) atoms. The number of benzene rings is 1. The molecule has 0 saturated heterocycles. The summed E-state index contributed by atoms with van der Waals surface area (Å²) in [6.07, 6.45) is 1.66. The van der Waals surface area contributed by atoms with Crippen LogP contribution >= 0.6 is 12.2 Å². The fraction of sp³-hybridized carbons (Fsp3) is 0.188. The minimum atomic E-state index is -0.325. The maximum atomic E-state index is 12.5. The molecule has 6 nitrogen and oxygen atoms in total. The Kier molecular flexibility index (Phi) is 5.13. The number of rotatable bonds is 4. The molecule has 1 aromatic heterocycles. The Bertz CT molecular complexity index is 855. The van der Waals surface area contributed by atoms with Crippen LogP contribution in [0.4, 0.5) is 0 Å². The van der Waals surface area contributed by atoms with Gasteiger partial charge in [0.1, 0.15) is 11.3 Å². The standard InChI is InChI=1S/C16H18N4O2S/c1-4-9-17-16(23)19-18-10(2)13-14(21)11-7-5-6-8-12(11)20(3)15(13)22/h4-8,21H,1,9H2,2-3H3,(H2,17,19,23). The molecular formula is C16H18N4O2S. The summed E-state index contributed by atoms with van der Waals surface area (Å²) < 4.78 is 1.48. The number of pyridine rings is 1. The maximum absolute atomic E-state index is 12.5. The van der Waals surface area contributed by atoms with Crippen molar-refractivity contribution in [2.24, 2.45) is 12.1 Å². The van der Waals surface area contributed by atoms with Gasteiger partial charge in [0.2, 0.25) is 0 Å². The molecule has 0 amide bonds. The number of nitrogens with one attached hydrogen (secondary N) is 2. The Labute approximate surface area is 139 Å². The van der Waals surface area contributed by atoms with E-state index in [0.717, 1.165) is 0 Å². The van der Waals surface area contributed by atoms with E-state index in [4.69, 9.17) is 12.2 Å². The van der Waals surface area contributed by atoms with E-state index in [1.54, 1.807) is 38.2 Å². The van der Waals surface area contributed by atoms with E-state index in [9.17, 15) is 9.90 Å². The molecule has 0 unspecified atom stereocenters. The van der Waals surface area contributed by atoms with E-state index in [1.165, 1.54) is 4.57 Å². The number of aryl methyl sites for hydroxylation is 1. The van der Waals surface area contributed by atoms with Gasteiger partial charge in [0.15, 0.2) is 5.11 Å². The van der Waals surface area contributed by atoms with Crippen LogP contribution in [0.2, 0.25) is 0 Å². The topological polar surface area (TPSA) is 78.7 Å². The minimum absolute atomic E-state index is 0.0864. The third kappa shape index (κ3) is 3.40. The molecule has 0 bridgehead atoms. The van der Waals surface area contributed by atoms with E-state index in [0.29, 0.717) is 28.3 Å². The number of nitrogens with zero attached hydrogens (tertiary/aromatic N) is 2. The zero-order valence-electron chi connectivity index (χ0n) is 13.0. The van der Waals surface area contributed by atoms with Crippen LogP contribution in [0.3, 0.4) is 0 Å². The van der Waals surface area contributed by atoms with Crippen LogP contribution in [0.25, 0.3) is 10.9 Å². The van der Waals surface area contributed by atoms with Crippen LogP contribution in [-0.2, 0) is 7.05 Å². The molecule has 0 aliphatic rings. The highest BCUT2D eigenvalue weighted by molar-refractivity contribution is 7.80. The fourth-order valence-corrected chi connectivity index (χ4v) is 2.33. The first kappa shape index (κ1) is 16.7. The average molecular weight is 330 g/mol. The first-order valence-electron chi connectivity index (χ1n) is 6.97. The molecule has 1 heterocycles. The summed E-state index contributed by atoms with van der Waals surface area (Å²) >= 11 is 5.03. The molecule has 0 saturated carbocycles. The highest BCUT2D eigenvalue weighted by Gasteiger charge is 2.16. The molecule has 1 aromatic carbocycles. The summed E-state index contributed by atoms with van der Waals surface area (Å²) in [6.45, 7) is 5.71. The van der Waals surface area contributed by atoms with Gasteiger partial charge < -0.3 is 15.0 Å². The lowest BCUT2D eigenvalue weighted by molar-refractivity contribution is 0.478. The number of para-hydroxylation sites is 1. The lowest BCUT2D eigenvalue weighted by Gasteiger charge is -2.12. The molecule has 3 N–H and O–H groups in total. The molecule has 0 aliphatic carbocycles. The van der Waals surface area contributed by atoms with Gasteiger partial charge in [-0.25, -0.2) is 0 Å². The molecule has 0 aliphatic heterocycles. The number of thiocarbonyl (C=S) groups is 1. The molecule has 0 radical (unpaired) electrons. The number of aromatic hydroxyl groups is 1. The Morgan fingerprint density at radius 1 is 1.48 bits per heavy atom. The van der Waals surface area contributed by atoms with Gasteiger partial charge in [0, 0.05) is 19.0 Å². The zero-order valence-corrected chi connectivity index (χ0v) is 13.8. The van der Waals surface area contributed by atoms with E-state index in [2.05, 4.69) is 22.4 Å². The number of aromatic nitrogens is 1. The van der Waals surface area contributed by atoms with Crippen molar-refractivity contribution < 1.29 is 5.11 Å². The second kappa shape index (κ2) is 7.06. The number of hydrogen-bond acceptors (Lipinski definition) is 4. The van der Waals surface area contributed by atoms with Gasteiger partial charge in [-0.05, 0) is 31.3 Å². The quantitative estimate of drug-likeness (QED) is 0.344. The summed E-state index contributed by atoms with van der Waals surface area (Å²) in [5, 5.41) is 18.3. The predicted octanol–water partition coefficient (Wildman–Crippen LogP) is 1.62. The van der Waals surface area contributed by atoms with Crippen molar-refractivity contribution in [1.82, 2.24) is 15.3 Å². The molecule has 7 heteroatoms. The van der Waals surface area contributed by atoms with Gasteiger partial charge in [-0.1, -0.05) is 18.2 Å². The number of hydrazone groups is 1. The average Bonchev–Trinajstić information content (AvgIpc) is 2.56. The summed E-state index contributed by atoms with van der Waals surface area (Å²) in [6, 6.07) is 7.15.